The molecule has 0 bridgehead atoms. The van der Waals surface area contributed by atoms with Gasteiger partial charge in [0.2, 0.25) is 5.91 Å². The Kier molecular flexibility index (Phi) is 6.63. The lowest BCUT2D eigenvalue weighted by Gasteiger charge is -2.23. The summed E-state index contributed by atoms with van der Waals surface area (Å²) in [4.78, 5) is 43.6. The molecule has 1 fully saturated rings. The summed E-state index contributed by atoms with van der Waals surface area (Å²) in [6.45, 7) is 0.301. The standard InChI is InChI=1S/C25H28N4O3/c1-28(15-18-9-11-22-19(14-18)6-5-13-26-22)24(31)17-29-16-20(10-12-23(29)30)25(32)27-21-7-3-2-4-8-21/h5-6,9-14,16,21H,2-4,7-8,15,17H2,1H3,(H,27,32). The average Bonchev–Trinajstić information content (AvgIpc) is 2.81. The zero-order valence-electron chi connectivity index (χ0n) is 18.3. The molecule has 0 aliphatic heterocycles. The van der Waals surface area contributed by atoms with Crippen molar-refractivity contribution >= 4 is 22.7 Å². The minimum atomic E-state index is -0.308. The van der Waals surface area contributed by atoms with Crippen LogP contribution in [0.25, 0.3) is 10.9 Å². The molecule has 1 aliphatic carbocycles. The van der Waals surface area contributed by atoms with E-state index in [4.69, 9.17) is 0 Å². The van der Waals surface area contributed by atoms with Gasteiger partial charge in [0.15, 0.2) is 0 Å². The van der Waals surface area contributed by atoms with Gasteiger partial charge in [-0.3, -0.25) is 19.4 Å². The molecular formula is C25H28N4O3. The number of hydrogen-bond donors (Lipinski definition) is 1. The van der Waals surface area contributed by atoms with Gasteiger partial charge in [-0.2, -0.15) is 0 Å². The second-order valence-corrected chi connectivity index (χ2v) is 8.47. The van der Waals surface area contributed by atoms with Crippen molar-refractivity contribution in [3.8, 4) is 0 Å². The van der Waals surface area contributed by atoms with Crippen LogP contribution in [0.1, 0.15) is 48.0 Å². The first kappa shape index (κ1) is 21.7. The van der Waals surface area contributed by atoms with Crippen LogP contribution in [0.15, 0.2) is 59.7 Å². The number of nitrogens with one attached hydrogen (secondary N) is 1. The zero-order chi connectivity index (χ0) is 22.5. The van der Waals surface area contributed by atoms with Crippen molar-refractivity contribution in [1.82, 2.24) is 19.8 Å². The second-order valence-electron chi connectivity index (χ2n) is 8.47. The first-order valence-corrected chi connectivity index (χ1v) is 11.1. The molecule has 2 amide bonds. The predicted octanol–water partition coefficient (Wildman–Crippen LogP) is 3.12. The second kappa shape index (κ2) is 9.77. The predicted molar refractivity (Wildman–Crippen MR) is 123 cm³/mol. The van der Waals surface area contributed by atoms with Crippen LogP contribution in [0.2, 0.25) is 0 Å². The molecule has 0 atom stereocenters. The molecule has 7 heteroatoms. The highest BCUT2D eigenvalue weighted by atomic mass is 16.2. The Morgan fingerprint density at radius 3 is 2.75 bits per heavy atom. The molecule has 2 heterocycles. The maximum atomic E-state index is 12.8. The van der Waals surface area contributed by atoms with Crippen LogP contribution in [0, 0.1) is 0 Å². The third-order valence-corrected chi connectivity index (χ3v) is 6.00. The number of benzene rings is 1. The van der Waals surface area contributed by atoms with Crippen molar-refractivity contribution in [2.24, 2.45) is 0 Å². The van der Waals surface area contributed by atoms with E-state index in [0.29, 0.717) is 12.1 Å². The highest BCUT2D eigenvalue weighted by molar-refractivity contribution is 5.94. The summed E-state index contributed by atoms with van der Waals surface area (Å²) >= 11 is 0. The number of aromatic nitrogens is 2. The Morgan fingerprint density at radius 2 is 1.94 bits per heavy atom. The molecule has 1 aliphatic rings. The molecule has 2 aromatic heterocycles. The fourth-order valence-corrected chi connectivity index (χ4v) is 4.16. The maximum Gasteiger partial charge on any atom is 0.252 e. The van der Waals surface area contributed by atoms with Crippen LogP contribution in [-0.4, -0.2) is 39.4 Å². The van der Waals surface area contributed by atoms with E-state index in [1.165, 1.54) is 29.3 Å². The van der Waals surface area contributed by atoms with Crippen molar-refractivity contribution in [2.75, 3.05) is 7.05 Å². The Labute approximate surface area is 187 Å². The van der Waals surface area contributed by atoms with Gasteiger partial charge in [-0.1, -0.05) is 31.4 Å². The molecule has 4 rings (SSSR count). The van der Waals surface area contributed by atoms with E-state index in [1.54, 1.807) is 18.1 Å². The van der Waals surface area contributed by atoms with Gasteiger partial charge in [-0.05, 0) is 42.7 Å². The lowest BCUT2D eigenvalue weighted by molar-refractivity contribution is -0.131. The number of likely N-dealkylation sites (N-methyl/N-ethyl adjacent to an activating group) is 1. The highest BCUT2D eigenvalue weighted by Gasteiger charge is 2.18. The monoisotopic (exact) mass is 432 g/mol. The quantitative estimate of drug-likeness (QED) is 0.649. The molecule has 166 valence electrons. The lowest BCUT2D eigenvalue weighted by Crippen LogP contribution is -2.37. The van der Waals surface area contributed by atoms with Crippen LogP contribution in [-0.2, 0) is 17.9 Å². The van der Waals surface area contributed by atoms with Crippen LogP contribution in [0.5, 0.6) is 0 Å². The smallest absolute Gasteiger partial charge is 0.252 e. The Balaban J connectivity index is 1.41. The Morgan fingerprint density at radius 1 is 1.12 bits per heavy atom. The highest BCUT2D eigenvalue weighted by Crippen LogP contribution is 2.18. The molecule has 32 heavy (non-hydrogen) atoms. The van der Waals surface area contributed by atoms with E-state index >= 15 is 0 Å². The Bertz CT molecular complexity index is 1180. The van der Waals surface area contributed by atoms with Crippen molar-refractivity contribution in [1.29, 1.82) is 0 Å². The summed E-state index contributed by atoms with van der Waals surface area (Å²) in [5.41, 5.74) is 1.97. The third-order valence-electron chi connectivity index (χ3n) is 6.00. The summed E-state index contributed by atoms with van der Waals surface area (Å²) < 4.78 is 1.30. The number of amides is 2. The molecule has 3 aromatic rings. The van der Waals surface area contributed by atoms with Gasteiger partial charge in [0.05, 0.1) is 11.1 Å². The van der Waals surface area contributed by atoms with Crippen molar-refractivity contribution in [2.45, 2.75) is 51.2 Å². The summed E-state index contributed by atoms with van der Waals surface area (Å²) in [6.07, 6.45) is 8.66. The molecular weight excluding hydrogens is 404 g/mol. The summed E-state index contributed by atoms with van der Waals surface area (Å²) in [5.74, 6) is -0.403. The van der Waals surface area contributed by atoms with E-state index in [9.17, 15) is 14.4 Å². The average molecular weight is 433 g/mol. The summed E-state index contributed by atoms with van der Waals surface area (Å²) in [6, 6.07) is 12.8. The van der Waals surface area contributed by atoms with Crippen molar-refractivity contribution in [3.05, 3.63) is 76.3 Å². The number of fused-ring (bicyclic) bond motifs is 1. The van der Waals surface area contributed by atoms with Crippen LogP contribution in [0.3, 0.4) is 0 Å². The minimum absolute atomic E-state index is 0.116. The van der Waals surface area contributed by atoms with Crippen molar-refractivity contribution < 1.29 is 9.59 Å². The van der Waals surface area contributed by atoms with E-state index < -0.39 is 0 Å². The summed E-state index contributed by atoms with van der Waals surface area (Å²) in [7, 11) is 1.71. The topological polar surface area (TPSA) is 84.3 Å². The normalized spacial score (nSPS) is 14.3. The number of carbonyl (C=O) groups is 2. The van der Waals surface area contributed by atoms with Gasteiger partial charge < -0.3 is 14.8 Å². The number of pyridine rings is 2. The van der Waals surface area contributed by atoms with Gasteiger partial charge in [-0.25, -0.2) is 0 Å². The SMILES string of the molecule is CN(Cc1ccc2ncccc2c1)C(=O)Cn1cc(C(=O)NC2CCCCC2)ccc1=O. The fraction of sp³-hybridized carbons (Fsp3) is 0.360. The van der Waals surface area contributed by atoms with Crippen molar-refractivity contribution in [3.63, 3.8) is 0 Å². The summed E-state index contributed by atoms with van der Waals surface area (Å²) in [5, 5.41) is 4.06. The molecule has 7 nitrogen and oxygen atoms in total. The van der Waals surface area contributed by atoms with E-state index in [1.807, 2.05) is 30.3 Å². The molecule has 1 aromatic carbocycles. The van der Waals surface area contributed by atoms with Gasteiger partial charge in [0, 0.05) is 43.5 Å². The van der Waals surface area contributed by atoms with E-state index in [-0.39, 0.29) is 30.0 Å². The number of hydrogen-bond acceptors (Lipinski definition) is 4. The third kappa shape index (κ3) is 5.22. The fourth-order valence-electron chi connectivity index (χ4n) is 4.16. The molecule has 1 saturated carbocycles. The van der Waals surface area contributed by atoms with Gasteiger partial charge in [0.25, 0.3) is 11.5 Å². The number of nitrogens with zero attached hydrogens (tertiary/aromatic N) is 3. The zero-order valence-corrected chi connectivity index (χ0v) is 18.3. The van der Waals surface area contributed by atoms with E-state index in [2.05, 4.69) is 10.3 Å². The van der Waals surface area contributed by atoms with Gasteiger partial charge in [-0.15, -0.1) is 0 Å². The minimum Gasteiger partial charge on any atom is -0.349 e. The van der Waals surface area contributed by atoms with Crippen LogP contribution >= 0.6 is 0 Å². The lowest BCUT2D eigenvalue weighted by atomic mass is 9.95. The molecule has 0 spiro atoms. The van der Waals surface area contributed by atoms with Gasteiger partial charge in [0.1, 0.15) is 6.54 Å². The van der Waals surface area contributed by atoms with E-state index in [0.717, 1.165) is 42.1 Å². The molecule has 1 N–H and O–H groups in total. The first-order chi connectivity index (χ1) is 15.5. The molecule has 0 radical (unpaired) electrons. The largest absolute Gasteiger partial charge is 0.349 e. The maximum absolute atomic E-state index is 12.8. The first-order valence-electron chi connectivity index (χ1n) is 11.1. The number of rotatable bonds is 6. The van der Waals surface area contributed by atoms with Crippen LogP contribution < -0.4 is 10.9 Å². The van der Waals surface area contributed by atoms with Gasteiger partial charge >= 0.3 is 0 Å². The molecule has 0 saturated heterocycles. The van der Waals surface area contributed by atoms with Crippen LogP contribution in [0.4, 0.5) is 0 Å². The number of carbonyl (C=O) groups excluding carboxylic acids is 2. The molecule has 0 unspecified atom stereocenters. The Hall–Kier alpha value is -3.48.